The smallest absolute Gasteiger partial charge is 0.249 e. The molecule has 2 rings (SSSR count). The highest BCUT2D eigenvalue weighted by Gasteiger charge is 2.26. The van der Waals surface area contributed by atoms with Crippen LogP contribution in [0.2, 0.25) is 0 Å². The van der Waals surface area contributed by atoms with Gasteiger partial charge in [0, 0.05) is 37.0 Å². The van der Waals surface area contributed by atoms with Crippen molar-refractivity contribution in [1.29, 1.82) is 0 Å². The van der Waals surface area contributed by atoms with Crippen molar-refractivity contribution in [1.82, 2.24) is 9.80 Å². The van der Waals surface area contributed by atoms with E-state index in [1.165, 1.54) is 5.17 Å². The number of hydrogen-bond acceptors (Lipinski definition) is 4. The molecule has 0 radical (unpaired) electrons. The molecule has 1 atom stereocenters. The van der Waals surface area contributed by atoms with E-state index in [2.05, 4.69) is 23.7 Å². The van der Waals surface area contributed by atoms with Gasteiger partial charge in [-0.25, -0.2) is 0 Å². The third-order valence-electron chi connectivity index (χ3n) is 3.48. The minimum absolute atomic E-state index is 0.191. The fourth-order valence-corrected chi connectivity index (χ4v) is 3.37. The van der Waals surface area contributed by atoms with Gasteiger partial charge >= 0.3 is 0 Å². The number of rotatable bonds is 2. The van der Waals surface area contributed by atoms with E-state index < -0.39 is 0 Å². The van der Waals surface area contributed by atoms with Crippen LogP contribution in [0.4, 0.5) is 0 Å². The Kier molecular flexibility index (Phi) is 4.91. The minimum atomic E-state index is 0.191. The highest BCUT2D eigenvalue weighted by atomic mass is 32.2. The Balaban J connectivity index is 1.86. The van der Waals surface area contributed by atoms with Crippen molar-refractivity contribution in [2.24, 2.45) is 4.99 Å². The van der Waals surface area contributed by atoms with Crippen LogP contribution in [0.5, 0.6) is 0 Å². The molecule has 0 aromatic heterocycles. The lowest BCUT2D eigenvalue weighted by atomic mass is 10.2. The zero-order valence-corrected chi connectivity index (χ0v) is 12.9. The normalized spacial score (nSPS) is 24.7. The van der Waals surface area contributed by atoms with E-state index in [0.717, 1.165) is 44.7 Å². The molecule has 0 spiro atoms. The maximum atomic E-state index is 12.2. The average Bonchev–Trinajstić information content (AvgIpc) is 2.85. The Bertz CT molecular complexity index is 397. The van der Waals surface area contributed by atoms with Crippen LogP contribution in [-0.4, -0.2) is 58.8 Å². The van der Waals surface area contributed by atoms with E-state index in [-0.39, 0.29) is 5.91 Å². The van der Waals surface area contributed by atoms with Crippen LogP contribution in [0, 0.1) is 0 Å². The average molecular weight is 281 g/mol. The standard InChI is InChI=1S/C14H23N3OS/c1-4-5-11(2)13(18)16-6-8-17(9-7-16)14-15-10-12(3)19-14/h5,12H,4,6-10H2,1-3H3/b11-5-. The first-order valence-corrected chi connectivity index (χ1v) is 7.92. The molecule has 0 aliphatic carbocycles. The van der Waals surface area contributed by atoms with Gasteiger partial charge in [0.1, 0.15) is 0 Å². The SMILES string of the molecule is CC/C=C(/C)C(=O)N1CCN(C2=NCC(C)S2)CC1. The maximum Gasteiger partial charge on any atom is 0.249 e. The highest BCUT2D eigenvalue weighted by molar-refractivity contribution is 8.14. The third-order valence-corrected chi connectivity index (χ3v) is 4.62. The van der Waals surface area contributed by atoms with Gasteiger partial charge in [0.25, 0.3) is 0 Å². The van der Waals surface area contributed by atoms with Gasteiger partial charge in [-0.3, -0.25) is 9.79 Å². The number of nitrogens with zero attached hydrogens (tertiary/aromatic N) is 3. The predicted octanol–water partition coefficient (Wildman–Crippen LogP) is 1.98. The molecule has 2 aliphatic rings. The Morgan fingerprint density at radius 3 is 2.63 bits per heavy atom. The van der Waals surface area contributed by atoms with Gasteiger partial charge < -0.3 is 9.80 Å². The molecule has 2 aliphatic heterocycles. The lowest BCUT2D eigenvalue weighted by Crippen LogP contribution is -2.50. The van der Waals surface area contributed by atoms with Crippen molar-refractivity contribution in [2.75, 3.05) is 32.7 Å². The molecule has 2 heterocycles. The molecular formula is C14H23N3OS. The second-order valence-corrected chi connectivity index (χ2v) is 6.53. The molecule has 0 saturated carbocycles. The molecule has 1 fully saturated rings. The number of allylic oxidation sites excluding steroid dienone is 1. The molecule has 4 nitrogen and oxygen atoms in total. The van der Waals surface area contributed by atoms with Crippen LogP contribution in [-0.2, 0) is 4.79 Å². The molecule has 0 aromatic carbocycles. The third kappa shape index (κ3) is 3.53. The summed E-state index contributed by atoms with van der Waals surface area (Å²) in [6.45, 7) is 10.5. The highest BCUT2D eigenvalue weighted by Crippen LogP contribution is 2.23. The van der Waals surface area contributed by atoms with E-state index in [9.17, 15) is 4.79 Å². The first kappa shape index (κ1) is 14.4. The quantitative estimate of drug-likeness (QED) is 0.726. The van der Waals surface area contributed by atoms with Crippen LogP contribution < -0.4 is 0 Å². The van der Waals surface area contributed by atoms with Gasteiger partial charge in [-0.15, -0.1) is 0 Å². The molecule has 1 saturated heterocycles. The molecule has 0 bridgehead atoms. The topological polar surface area (TPSA) is 35.9 Å². The van der Waals surface area contributed by atoms with Crippen LogP contribution in [0.1, 0.15) is 27.2 Å². The summed E-state index contributed by atoms with van der Waals surface area (Å²) >= 11 is 1.86. The molecule has 1 amide bonds. The van der Waals surface area contributed by atoms with Crippen LogP contribution in [0.25, 0.3) is 0 Å². The van der Waals surface area contributed by atoms with E-state index in [0.29, 0.717) is 5.25 Å². The minimum Gasteiger partial charge on any atom is -0.348 e. The second kappa shape index (κ2) is 6.46. The zero-order valence-electron chi connectivity index (χ0n) is 12.1. The number of carbonyl (C=O) groups is 1. The largest absolute Gasteiger partial charge is 0.348 e. The number of amides is 1. The molecule has 0 aromatic rings. The van der Waals surface area contributed by atoms with E-state index >= 15 is 0 Å². The molecule has 0 N–H and O–H groups in total. The lowest BCUT2D eigenvalue weighted by molar-refractivity contribution is -0.128. The van der Waals surface area contributed by atoms with Crippen molar-refractivity contribution < 1.29 is 4.79 Å². The summed E-state index contributed by atoms with van der Waals surface area (Å²) in [4.78, 5) is 21.0. The summed E-state index contributed by atoms with van der Waals surface area (Å²) in [6, 6.07) is 0. The molecule has 106 valence electrons. The Morgan fingerprint density at radius 1 is 1.42 bits per heavy atom. The number of piperazine rings is 1. The molecule has 5 heteroatoms. The summed E-state index contributed by atoms with van der Waals surface area (Å²) in [5.41, 5.74) is 0.872. The van der Waals surface area contributed by atoms with Gasteiger partial charge in [-0.05, 0) is 13.3 Å². The lowest BCUT2D eigenvalue weighted by Gasteiger charge is -2.35. The van der Waals surface area contributed by atoms with E-state index in [1.807, 2.05) is 29.7 Å². The summed E-state index contributed by atoms with van der Waals surface area (Å²) in [6.07, 6.45) is 2.93. The van der Waals surface area contributed by atoms with Crippen molar-refractivity contribution in [3.63, 3.8) is 0 Å². The molecular weight excluding hydrogens is 258 g/mol. The summed E-state index contributed by atoms with van der Waals surface area (Å²) < 4.78 is 0. The first-order chi connectivity index (χ1) is 9.11. The van der Waals surface area contributed by atoms with E-state index in [1.54, 1.807) is 0 Å². The van der Waals surface area contributed by atoms with Gasteiger partial charge in [0.05, 0.1) is 6.54 Å². The maximum absolute atomic E-state index is 12.2. The van der Waals surface area contributed by atoms with E-state index in [4.69, 9.17) is 0 Å². The zero-order chi connectivity index (χ0) is 13.8. The van der Waals surface area contributed by atoms with Crippen LogP contribution >= 0.6 is 11.8 Å². The van der Waals surface area contributed by atoms with Crippen molar-refractivity contribution in [2.45, 2.75) is 32.4 Å². The monoisotopic (exact) mass is 281 g/mol. The summed E-state index contributed by atoms with van der Waals surface area (Å²) in [5.74, 6) is 0.191. The fraction of sp³-hybridized carbons (Fsp3) is 0.714. The van der Waals surface area contributed by atoms with Gasteiger partial charge in [0.2, 0.25) is 5.91 Å². The fourth-order valence-electron chi connectivity index (χ4n) is 2.38. The Hall–Kier alpha value is -0.970. The van der Waals surface area contributed by atoms with Crippen molar-refractivity contribution in [3.05, 3.63) is 11.6 Å². The predicted molar refractivity (Wildman–Crippen MR) is 81.6 cm³/mol. The second-order valence-electron chi connectivity index (χ2n) is 5.13. The number of aliphatic imine (C=N–C) groups is 1. The van der Waals surface area contributed by atoms with Gasteiger partial charge in [-0.1, -0.05) is 31.7 Å². The van der Waals surface area contributed by atoms with Crippen molar-refractivity contribution >= 4 is 22.8 Å². The summed E-state index contributed by atoms with van der Waals surface area (Å²) in [5, 5.41) is 1.77. The number of hydrogen-bond donors (Lipinski definition) is 0. The van der Waals surface area contributed by atoms with Gasteiger partial charge in [0.15, 0.2) is 5.17 Å². The Labute approximate surface area is 119 Å². The summed E-state index contributed by atoms with van der Waals surface area (Å²) in [7, 11) is 0. The van der Waals surface area contributed by atoms with Crippen LogP contribution in [0.15, 0.2) is 16.6 Å². The number of thioether (sulfide) groups is 1. The van der Waals surface area contributed by atoms with Crippen molar-refractivity contribution in [3.8, 4) is 0 Å². The molecule has 19 heavy (non-hydrogen) atoms. The number of carbonyl (C=O) groups excluding carboxylic acids is 1. The first-order valence-electron chi connectivity index (χ1n) is 7.04. The van der Waals surface area contributed by atoms with Gasteiger partial charge in [-0.2, -0.15) is 0 Å². The number of amidine groups is 1. The van der Waals surface area contributed by atoms with Crippen LogP contribution in [0.3, 0.4) is 0 Å². The molecule has 1 unspecified atom stereocenters. The Morgan fingerprint density at radius 2 is 2.11 bits per heavy atom.